The van der Waals surface area contributed by atoms with Gasteiger partial charge in [-0.1, -0.05) is 0 Å². The Morgan fingerprint density at radius 3 is 3.00 bits per heavy atom. The van der Waals surface area contributed by atoms with Crippen LogP contribution >= 0.6 is 11.3 Å². The predicted molar refractivity (Wildman–Crippen MR) is 120 cm³/mol. The van der Waals surface area contributed by atoms with Gasteiger partial charge in [0.15, 0.2) is 0 Å². The Bertz CT molecular complexity index is 1330. The molecular formula is C23H22N6OS. The maximum absolute atomic E-state index is 13.1. The van der Waals surface area contributed by atoms with E-state index in [0.717, 1.165) is 71.4 Å². The Kier molecular flexibility index (Phi) is 3.70. The fourth-order valence-corrected chi connectivity index (χ4v) is 6.66. The molecule has 8 heteroatoms. The number of piperidine rings is 1. The number of fused-ring (bicyclic) bond motifs is 5. The number of carbonyl (C=O) groups is 1. The minimum Gasteiger partial charge on any atom is -0.342 e. The highest BCUT2D eigenvalue weighted by Crippen LogP contribution is 2.46. The van der Waals surface area contributed by atoms with Crippen LogP contribution in [0.15, 0.2) is 36.9 Å². The summed E-state index contributed by atoms with van der Waals surface area (Å²) in [5.41, 5.74) is 3.33. The molecule has 2 aliphatic carbocycles. The number of nitrogens with one attached hydrogen (secondary N) is 1. The number of hydrogen-bond acceptors (Lipinski definition) is 6. The second kappa shape index (κ2) is 6.50. The van der Waals surface area contributed by atoms with Gasteiger partial charge in [0.05, 0.1) is 10.9 Å². The van der Waals surface area contributed by atoms with Gasteiger partial charge < -0.3 is 10.2 Å². The lowest BCUT2D eigenvalue weighted by Gasteiger charge is -2.27. The summed E-state index contributed by atoms with van der Waals surface area (Å²) in [5.74, 6) is 2.91. The van der Waals surface area contributed by atoms with Crippen LogP contribution in [-0.4, -0.2) is 43.5 Å². The van der Waals surface area contributed by atoms with Gasteiger partial charge in [-0.2, -0.15) is 5.10 Å². The van der Waals surface area contributed by atoms with Gasteiger partial charge in [-0.15, -0.1) is 11.3 Å². The SMILES string of the molecule is O=C([C@H]1CCc2c(sc3ncnc(Nc4ccn5nccc5c4)c23)C1)N1CC2CC2C1. The molecule has 3 aliphatic rings. The smallest absolute Gasteiger partial charge is 0.226 e. The fraction of sp³-hybridized carbons (Fsp3) is 0.391. The number of nitrogens with zero attached hydrogens (tertiary/aromatic N) is 5. The first-order valence-electron chi connectivity index (χ1n) is 11.0. The summed E-state index contributed by atoms with van der Waals surface area (Å²) in [7, 11) is 0. The first-order chi connectivity index (χ1) is 15.2. The van der Waals surface area contributed by atoms with E-state index in [0.29, 0.717) is 5.91 Å². The molecule has 0 spiro atoms. The van der Waals surface area contributed by atoms with Crippen LogP contribution < -0.4 is 5.32 Å². The monoisotopic (exact) mass is 430 g/mol. The normalized spacial score (nSPS) is 24.4. The summed E-state index contributed by atoms with van der Waals surface area (Å²) in [6.07, 6.45) is 9.36. The maximum Gasteiger partial charge on any atom is 0.226 e. The topological polar surface area (TPSA) is 75.4 Å². The molecule has 0 aromatic carbocycles. The third kappa shape index (κ3) is 2.85. The van der Waals surface area contributed by atoms with Gasteiger partial charge in [-0.05, 0) is 61.3 Å². The highest BCUT2D eigenvalue weighted by Gasteiger charge is 2.47. The fourth-order valence-electron chi connectivity index (χ4n) is 5.39. The van der Waals surface area contributed by atoms with E-state index in [2.05, 4.69) is 31.3 Å². The number of likely N-dealkylation sites (tertiary alicyclic amines) is 1. The number of hydrogen-bond donors (Lipinski definition) is 1. The molecule has 2 unspecified atom stereocenters. The number of thiophene rings is 1. The van der Waals surface area contributed by atoms with E-state index in [1.54, 1.807) is 23.9 Å². The van der Waals surface area contributed by atoms with E-state index < -0.39 is 0 Å². The minimum atomic E-state index is 0.117. The van der Waals surface area contributed by atoms with Crippen molar-refractivity contribution in [1.29, 1.82) is 0 Å². The van der Waals surface area contributed by atoms with Crippen molar-refractivity contribution in [1.82, 2.24) is 24.5 Å². The van der Waals surface area contributed by atoms with E-state index >= 15 is 0 Å². The number of aryl methyl sites for hydroxylation is 1. The Balaban J connectivity index is 1.19. The predicted octanol–water partition coefficient (Wildman–Crippen LogP) is 3.67. The number of carbonyl (C=O) groups excluding carboxylic acids is 1. The van der Waals surface area contributed by atoms with Crippen molar-refractivity contribution in [2.24, 2.45) is 17.8 Å². The highest BCUT2D eigenvalue weighted by molar-refractivity contribution is 7.19. The minimum absolute atomic E-state index is 0.117. The summed E-state index contributed by atoms with van der Waals surface area (Å²) in [6, 6.07) is 6.05. The maximum atomic E-state index is 13.1. The van der Waals surface area contributed by atoms with Crippen molar-refractivity contribution in [3.05, 3.63) is 47.4 Å². The van der Waals surface area contributed by atoms with Crippen molar-refractivity contribution in [2.75, 3.05) is 18.4 Å². The van der Waals surface area contributed by atoms with Gasteiger partial charge in [-0.3, -0.25) is 4.79 Å². The molecule has 3 atom stereocenters. The van der Waals surface area contributed by atoms with Crippen LogP contribution in [0.4, 0.5) is 11.5 Å². The molecule has 5 heterocycles. The Labute approximate surface area is 183 Å². The number of pyridine rings is 1. The van der Waals surface area contributed by atoms with Crippen LogP contribution in [0.3, 0.4) is 0 Å². The molecule has 0 radical (unpaired) electrons. The highest BCUT2D eigenvalue weighted by atomic mass is 32.1. The van der Waals surface area contributed by atoms with E-state index in [1.807, 2.05) is 22.8 Å². The largest absolute Gasteiger partial charge is 0.342 e. The van der Waals surface area contributed by atoms with Crippen molar-refractivity contribution in [2.45, 2.75) is 25.7 Å². The Hall–Kier alpha value is -3.00. The molecular weight excluding hydrogens is 408 g/mol. The third-order valence-corrected chi connectivity index (χ3v) is 8.31. The lowest BCUT2D eigenvalue weighted by atomic mass is 9.87. The molecule has 156 valence electrons. The average Bonchev–Trinajstić information content (AvgIpc) is 3.16. The molecule has 0 bridgehead atoms. The molecule has 1 saturated heterocycles. The lowest BCUT2D eigenvalue weighted by molar-refractivity contribution is -0.135. The van der Waals surface area contributed by atoms with E-state index in [1.165, 1.54) is 16.9 Å². The van der Waals surface area contributed by atoms with Gasteiger partial charge in [0, 0.05) is 42.0 Å². The molecule has 4 aromatic heterocycles. The number of aromatic nitrogens is 4. The van der Waals surface area contributed by atoms with E-state index in [4.69, 9.17) is 0 Å². The summed E-state index contributed by atoms with van der Waals surface area (Å²) in [4.78, 5) is 26.6. The second-order valence-electron chi connectivity index (χ2n) is 9.09. The third-order valence-electron chi connectivity index (χ3n) is 7.15. The molecule has 7 rings (SSSR count). The molecule has 1 amide bonds. The zero-order valence-electron chi connectivity index (χ0n) is 17.0. The summed E-state index contributed by atoms with van der Waals surface area (Å²) < 4.78 is 1.84. The molecule has 2 fully saturated rings. The zero-order chi connectivity index (χ0) is 20.5. The van der Waals surface area contributed by atoms with Crippen LogP contribution in [0.2, 0.25) is 0 Å². The van der Waals surface area contributed by atoms with E-state index in [9.17, 15) is 4.79 Å². The number of rotatable bonds is 3. The van der Waals surface area contributed by atoms with Crippen LogP contribution in [-0.2, 0) is 17.6 Å². The zero-order valence-corrected chi connectivity index (χ0v) is 17.8. The summed E-state index contributed by atoms with van der Waals surface area (Å²) >= 11 is 1.73. The van der Waals surface area contributed by atoms with Crippen LogP contribution in [0, 0.1) is 17.8 Å². The Morgan fingerprint density at radius 2 is 2.10 bits per heavy atom. The molecule has 31 heavy (non-hydrogen) atoms. The van der Waals surface area contributed by atoms with Crippen molar-refractivity contribution >= 4 is 44.5 Å². The number of anilines is 2. The van der Waals surface area contributed by atoms with E-state index in [-0.39, 0.29) is 5.92 Å². The quantitative estimate of drug-likeness (QED) is 0.537. The first-order valence-corrected chi connectivity index (χ1v) is 11.8. The summed E-state index contributed by atoms with van der Waals surface area (Å²) in [5, 5.41) is 8.86. The van der Waals surface area contributed by atoms with Crippen LogP contribution in [0.25, 0.3) is 15.7 Å². The first kappa shape index (κ1) is 17.7. The van der Waals surface area contributed by atoms with Crippen molar-refractivity contribution in [3.8, 4) is 0 Å². The van der Waals surface area contributed by atoms with Gasteiger partial charge in [0.1, 0.15) is 17.0 Å². The molecule has 7 nitrogen and oxygen atoms in total. The van der Waals surface area contributed by atoms with Crippen molar-refractivity contribution in [3.63, 3.8) is 0 Å². The van der Waals surface area contributed by atoms with Crippen molar-refractivity contribution < 1.29 is 4.79 Å². The average molecular weight is 431 g/mol. The summed E-state index contributed by atoms with van der Waals surface area (Å²) in [6.45, 7) is 1.97. The molecule has 1 aliphatic heterocycles. The van der Waals surface area contributed by atoms with Gasteiger partial charge in [0.25, 0.3) is 0 Å². The van der Waals surface area contributed by atoms with Gasteiger partial charge in [0.2, 0.25) is 5.91 Å². The Morgan fingerprint density at radius 1 is 1.19 bits per heavy atom. The lowest BCUT2D eigenvalue weighted by Crippen LogP contribution is -2.37. The number of amides is 1. The molecule has 1 saturated carbocycles. The molecule has 4 aromatic rings. The van der Waals surface area contributed by atoms with Gasteiger partial charge in [-0.25, -0.2) is 14.5 Å². The standard InChI is InChI=1S/C23H22N6OS/c30-23(28-10-14-7-15(14)11-28)13-1-2-18-19(8-13)31-22-20(18)21(24-12-25-22)27-16-4-6-29-17(9-16)3-5-26-29/h3-6,9,12-15H,1-2,7-8,10-11H2,(H,24,25,27)/t13-,14?,15?/m0/s1. The second-order valence-corrected chi connectivity index (χ2v) is 10.2. The molecule has 1 N–H and O–H groups in total. The van der Waals surface area contributed by atoms with Crippen LogP contribution in [0.1, 0.15) is 23.3 Å². The van der Waals surface area contributed by atoms with Crippen LogP contribution in [0.5, 0.6) is 0 Å². The van der Waals surface area contributed by atoms with Gasteiger partial charge >= 0.3 is 0 Å².